The molecule has 1 aliphatic heterocycles. The lowest BCUT2D eigenvalue weighted by atomic mass is 9.97. The van der Waals surface area contributed by atoms with E-state index in [0.29, 0.717) is 11.8 Å². The molecule has 5 aromatic rings. The predicted molar refractivity (Wildman–Crippen MR) is 143 cm³/mol. The van der Waals surface area contributed by atoms with Crippen molar-refractivity contribution in [3.8, 4) is 11.3 Å². The van der Waals surface area contributed by atoms with Crippen molar-refractivity contribution in [3.63, 3.8) is 0 Å². The lowest BCUT2D eigenvalue weighted by Gasteiger charge is -2.06. The van der Waals surface area contributed by atoms with Crippen molar-refractivity contribution in [2.24, 2.45) is 10.9 Å². The molecule has 6 rings (SSSR count). The summed E-state index contributed by atoms with van der Waals surface area (Å²) in [6.07, 6.45) is 4.97. The van der Waals surface area contributed by atoms with E-state index in [-0.39, 0.29) is 0 Å². The van der Waals surface area contributed by atoms with Crippen molar-refractivity contribution >= 4 is 53.6 Å². The van der Waals surface area contributed by atoms with E-state index >= 15 is 0 Å². The molecule has 1 aliphatic rings. The van der Waals surface area contributed by atoms with Crippen LogP contribution in [0.1, 0.15) is 51.4 Å². The van der Waals surface area contributed by atoms with Gasteiger partial charge < -0.3 is 4.98 Å². The van der Waals surface area contributed by atoms with Gasteiger partial charge in [0.05, 0.1) is 11.9 Å². The molecule has 0 unspecified atom stereocenters. The predicted octanol–water partition coefficient (Wildman–Crippen LogP) is 8.56. The van der Waals surface area contributed by atoms with Crippen LogP contribution >= 0.6 is 11.3 Å². The molecule has 0 atom stereocenters. The molecule has 1 N–H and O–H groups in total. The van der Waals surface area contributed by atoms with Crippen LogP contribution in [-0.4, -0.2) is 15.7 Å². The van der Waals surface area contributed by atoms with Gasteiger partial charge in [0.25, 0.3) is 0 Å². The van der Waals surface area contributed by atoms with Crippen LogP contribution in [0.25, 0.3) is 47.8 Å². The number of allylic oxidation sites excluding steroid dienone is 1. The number of aromatic nitrogens is 2. The van der Waals surface area contributed by atoms with E-state index in [4.69, 9.17) is 0 Å². The molecule has 3 nitrogen and oxygen atoms in total. The number of H-pyrrole nitrogens is 1. The van der Waals surface area contributed by atoms with Gasteiger partial charge in [-0.05, 0) is 40.0 Å². The highest BCUT2D eigenvalue weighted by molar-refractivity contribution is 7.26. The molecule has 4 heteroatoms. The third kappa shape index (κ3) is 3.41. The second-order valence-electron chi connectivity index (χ2n) is 9.63. The Morgan fingerprint density at radius 1 is 0.848 bits per heavy atom. The Morgan fingerprint density at radius 2 is 1.64 bits per heavy atom. The number of fused-ring (bicyclic) bond motifs is 5. The second kappa shape index (κ2) is 7.67. The van der Waals surface area contributed by atoms with Gasteiger partial charge >= 0.3 is 0 Å². The number of thiophene rings is 1. The van der Waals surface area contributed by atoms with E-state index in [1.165, 1.54) is 53.4 Å². The molecule has 0 aliphatic carbocycles. The summed E-state index contributed by atoms with van der Waals surface area (Å²) in [7, 11) is 0. The van der Waals surface area contributed by atoms with Gasteiger partial charge in [0.15, 0.2) is 0 Å². The fourth-order valence-corrected chi connectivity index (χ4v) is 5.96. The SMILES string of the molecule is CC(C)C1=NC=C(c2ccc3c(c2)sc2c4ccc(-c5cnc(C(C)C)[nH]5)cc4ccc32)C1. The molecule has 0 fully saturated rings. The van der Waals surface area contributed by atoms with Gasteiger partial charge in [0, 0.05) is 50.0 Å². The molecule has 33 heavy (non-hydrogen) atoms. The summed E-state index contributed by atoms with van der Waals surface area (Å²) in [5.74, 6) is 1.93. The van der Waals surface area contributed by atoms with Crippen molar-refractivity contribution < 1.29 is 0 Å². The van der Waals surface area contributed by atoms with Gasteiger partial charge in [0.1, 0.15) is 5.82 Å². The Hall–Kier alpha value is -3.24. The smallest absolute Gasteiger partial charge is 0.109 e. The number of aliphatic imine (C=N–C) groups is 1. The highest BCUT2D eigenvalue weighted by atomic mass is 32.1. The zero-order chi connectivity index (χ0) is 22.7. The Balaban J connectivity index is 1.41. The van der Waals surface area contributed by atoms with Crippen LogP contribution in [0.15, 0.2) is 65.9 Å². The number of imidazole rings is 1. The minimum Gasteiger partial charge on any atom is -0.342 e. The van der Waals surface area contributed by atoms with E-state index in [2.05, 4.69) is 97.4 Å². The Morgan fingerprint density at radius 3 is 2.39 bits per heavy atom. The molecule has 2 aromatic heterocycles. The molecule has 0 amide bonds. The van der Waals surface area contributed by atoms with Gasteiger partial charge in [-0.3, -0.25) is 4.99 Å². The summed E-state index contributed by atoms with van der Waals surface area (Å²) in [4.78, 5) is 12.7. The van der Waals surface area contributed by atoms with Gasteiger partial charge in [-0.15, -0.1) is 11.3 Å². The summed E-state index contributed by atoms with van der Waals surface area (Å²) in [5.41, 5.74) is 6.16. The average Bonchev–Trinajstić information content (AvgIpc) is 3.56. The summed E-state index contributed by atoms with van der Waals surface area (Å²) in [6, 6.07) is 18.2. The normalized spacial score (nSPS) is 14.2. The maximum absolute atomic E-state index is 4.65. The standard InChI is InChI=1S/C29H27N3S/c1-16(2)25-12-21(14-30-25)18-5-9-23-24-10-6-19-11-20(26-15-31-29(32-26)17(3)4)7-8-22(19)28(24)33-27(23)13-18/h5-11,13-17H,12H2,1-4H3,(H,31,32). The monoisotopic (exact) mass is 449 g/mol. The van der Waals surface area contributed by atoms with Crippen LogP contribution in [0, 0.1) is 5.92 Å². The molecule has 164 valence electrons. The van der Waals surface area contributed by atoms with E-state index < -0.39 is 0 Å². The van der Waals surface area contributed by atoms with Crippen molar-refractivity contribution in [2.75, 3.05) is 0 Å². The molecular weight excluding hydrogens is 422 g/mol. The average molecular weight is 450 g/mol. The zero-order valence-electron chi connectivity index (χ0n) is 19.4. The largest absolute Gasteiger partial charge is 0.342 e. The second-order valence-corrected chi connectivity index (χ2v) is 10.7. The lowest BCUT2D eigenvalue weighted by molar-refractivity contribution is 0.795. The molecule has 3 aromatic carbocycles. The number of benzene rings is 3. The maximum Gasteiger partial charge on any atom is 0.109 e. The van der Waals surface area contributed by atoms with E-state index in [9.17, 15) is 0 Å². The first kappa shape index (κ1) is 20.4. The molecule has 3 heterocycles. The molecule has 0 radical (unpaired) electrons. The van der Waals surface area contributed by atoms with Gasteiger partial charge in [-0.25, -0.2) is 4.98 Å². The van der Waals surface area contributed by atoms with Gasteiger partial charge in [-0.2, -0.15) is 0 Å². The summed E-state index contributed by atoms with van der Waals surface area (Å²) < 4.78 is 2.70. The van der Waals surface area contributed by atoms with Crippen LogP contribution in [-0.2, 0) is 0 Å². The van der Waals surface area contributed by atoms with E-state index in [1.807, 2.05) is 17.5 Å². The van der Waals surface area contributed by atoms with Crippen LogP contribution in [0.5, 0.6) is 0 Å². The van der Waals surface area contributed by atoms with Crippen LogP contribution in [0.3, 0.4) is 0 Å². The number of rotatable bonds is 4. The van der Waals surface area contributed by atoms with Crippen LogP contribution in [0.4, 0.5) is 0 Å². The highest BCUT2D eigenvalue weighted by Crippen LogP contribution is 2.41. The fraction of sp³-hybridized carbons (Fsp3) is 0.241. The molecular formula is C29H27N3S. The summed E-state index contributed by atoms with van der Waals surface area (Å²) >= 11 is 1.90. The van der Waals surface area contributed by atoms with E-state index in [0.717, 1.165) is 17.9 Å². The van der Waals surface area contributed by atoms with Gasteiger partial charge in [0.2, 0.25) is 0 Å². The molecule has 0 saturated carbocycles. The first-order chi connectivity index (χ1) is 16.0. The van der Waals surface area contributed by atoms with E-state index in [1.54, 1.807) is 0 Å². The molecule has 0 bridgehead atoms. The molecule has 0 saturated heterocycles. The summed E-state index contributed by atoms with van der Waals surface area (Å²) in [5, 5.41) is 5.25. The van der Waals surface area contributed by atoms with Crippen LogP contribution in [0.2, 0.25) is 0 Å². The first-order valence-electron chi connectivity index (χ1n) is 11.7. The van der Waals surface area contributed by atoms with Gasteiger partial charge in [-0.1, -0.05) is 64.1 Å². The van der Waals surface area contributed by atoms with Crippen LogP contribution < -0.4 is 0 Å². The third-order valence-corrected chi connectivity index (χ3v) is 7.90. The topological polar surface area (TPSA) is 41.0 Å². The van der Waals surface area contributed by atoms with Crippen molar-refractivity contribution in [1.82, 2.24) is 9.97 Å². The van der Waals surface area contributed by atoms with Crippen molar-refractivity contribution in [2.45, 2.75) is 40.0 Å². The number of nitrogens with zero attached hydrogens (tertiary/aromatic N) is 2. The first-order valence-corrected chi connectivity index (χ1v) is 12.5. The fourth-order valence-electron chi connectivity index (χ4n) is 4.68. The Bertz CT molecular complexity index is 1590. The van der Waals surface area contributed by atoms with Crippen molar-refractivity contribution in [1.29, 1.82) is 0 Å². The number of aromatic amines is 1. The molecule has 0 spiro atoms. The highest BCUT2D eigenvalue weighted by Gasteiger charge is 2.16. The quantitative estimate of drug-likeness (QED) is 0.293. The van der Waals surface area contributed by atoms with Crippen molar-refractivity contribution in [3.05, 3.63) is 72.3 Å². The number of hydrogen-bond acceptors (Lipinski definition) is 3. The number of nitrogens with one attached hydrogen (secondary N) is 1. The zero-order valence-corrected chi connectivity index (χ0v) is 20.3. The lowest BCUT2D eigenvalue weighted by Crippen LogP contribution is -2.04. The number of hydrogen-bond donors (Lipinski definition) is 1. The Kier molecular flexibility index (Phi) is 4.73. The Labute approximate surface area is 197 Å². The third-order valence-electron chi connectivity index (χ3n) is 6.70. The minimum atomic E-state index is 0.394. The maximum atomic E-state index is 4.65. The minimum absolute atomic E-state index is 0.394. The summed E-state index contributed by atoms with van der Waals surface area (Å²) in [6.45, 7) is 8.76.